The second-order valence-electron chi connectivity index (χ2n) is 5.10. The lowest BCUT2D eigenvalue weighted by Crippen LogP contribution is -2.40. The lowest BCUT2D eigenvalue weighted by Gasteiger charge is -2.27. The first-order valence-corrected chi connectivity index (χ1v) is 8.16. The van der Waals surface area contributed by atoms with Crippen LogP contribution in [0.5, 0.6) is 0 Å². The van der Waals surface area contributed by atoms with Crippen LogP contribution in [0.15, 0.2) is 23.3 Å². The van der Waals surface area contributed by atoms with Crippen LogP contribution in [-0.4, -0.2) is 47.9 Å². The van der Waals surface area contributed by atoms with Gasteiger partial charge in [-0.05, 0) is 36.1 Å². The molecule has 2 heterocycles. The van der Waals surface area contributed by atoms with Crippen LogP contribution in [0.4, 0.5) is 10.5 Å². The van der Waals surface area contributed by atoms with Gasteiger partial charge < -0.3 is 10.1 Å². The van der Waals surface area contributed by atoms with Crippen molar-refractivity contribution < 1.29 is 14.3 Å². The van der Waals surface area contributed by atoms with Gasteiger partial charge in [0.05, 0.1) is 12.8 Å². The van der Waals surface area contributed by atoms with Crippen LogP contribution in [0.3, 0.4) is 0 Å². The van der Waals surface area contributed by atoms with Crippen molar-refractivity contribution in [2.24, 2.45) is 5.10 Å². The molecule has 0 fully saturated rings. The van der Waals surface area contributed by atoms with Gasteiger partial charge in [-0.2, -0.15) is 10.1 Å². The highest BCUT2D eigenvalue weighted by atomic mass is 32.2. The number of amides is 1. The van der Waals surface area contributed by atoms with Crippen LogP contribution in [0.2, 0.25) is 0 Å². The molecule has 1 unspecified atom stereocenters. The number of anilines is 1. The van der Waals surface area contributed by atoms with Gasteiger partial charge in [-0.1, -0.05) is 6.07 Å². The molecular formula is C15H17N3O3S. The van der Waals surface area contributed by atoms with E-state index in [9.17, 15) is 9.59 Å². The molecule has 1 amide bonds. The maximum Gasteiger partial charge on any atom is 0.431 e. The topological polar surface area (TPSA) is 71.0 Å². The van der Waals surface area contributed by atoms with E-state index in [1.54, 1.807) is 0 Å². The van der Waals surface area contributed by atoms with Crippen molar-refractivity contribution in [2.75, 3.05) is 24.7 Å². The highest BCUT2D eigenvalue weighted by molar-refractivity contribution is 8.01. The number of carbonyl (C=O) groups excluding carboxylic acids is 2. The maximum atomic E-state index is 11.8. The van der Waals surface area contributed by atoms with Crippen molar-refractivity contribution in [3.05, 3.63) is 29.3 Å². The van der Waals surface area contributed by atoms with Crippen LogP contribution >= 0.6 is 11.8 Å². The molecule has 22 heavy (non-hydrogen) atoms. The third kappa shape index (κ3) is 2.81. The van der Waals surface area contributed by atoms with Crippen molar-refractivity contribution in [2.45, 2.75) is 18.2 Å². The number of hydrogen-bond donors (Lipinski definition) is 1. The number of aryl methyl sites for hydroxylation is 1. The van der Waals surface area contributed by atoms with E-state index in [0.29, 0.717) is 12.0 Å². The lowest BCUT2D eigenvalue weighted by atomic mass is 9.99. The molecule has 0 saturated heterocycles. The minimum absolute atomic E-state index is 0.586. The van der Waals surface area contributed by atoms with Gasteiger partial charge in [0.25, 0.3) is 0 Å². The van der Waals surface area contributed by atoms with Crippen molar-refractivity contribution in [3.8, 4) is 0 Å². The minimum Gasteiger partial charge on any atom is -0.451 e. The minimum atomic E-state index is -0.629. The number of fused-ring (bicyclic) bond motifs is 1. The second kappa shape index (κ2) is 6.39. The molecule has 0 aliphatic carbocycles. The molecule has 0 bridgehead atoms. The monoisotopic (exact) mass is 319 g/mol. The quantitative estimate of drug-likeness (QED) is 0.845. The first-order valence-electron chi connectivity index (χ1n) is 7.11. The number of nitrogens with one attached hydrogen (secondary N) is 1. The van der Waals surface area contributed by atoms with Gasteiger partial charge in [0.15, 0.2) is 11.7 Å². The van der Waals surface area contributed by atoms with Gasteiger partial charge in [-0.25, -0.2) is 4.79 Å². The van der Waals surface area contributed by atoms with Gasteiger partial charge in [0.2, 0.25) is 0 Å². The molecule has 7 heteroatoms. The number of hydrogen-bond acceptors (Lipinski definition) is 6. The molecule has 0 radical (unpaired) electrons. The first kappa shape index (κ1) is 14.9. The fraction of sp³-hybridized carbons (Fsp3) is 0.400. The Morgan fingerprint density at radius 3 is 3.18 bits per heavy atom. The number of thioether (sulfide) groups is 1. The summed E-state index contributed by atoms with van der Waals surface area (Å²) in [6.07, 6.45) is 2.23. The first-order chi connectivity index (χ1) is 10.7. The molecule has 116 valence electrons. The van der Waals surface area contributed by atoms with E-state index in [0.717, 1.165) is 41.4 Å². The van der Waals surface area contributed by atoms with E-state index in [1.165, 1.54) is 24.4 Å². The summed E-state index contributed by atoms with van der Waals surface area (Å²) in [6, 6.07) is 6.15. The van der Waals surface area contributed by atoms with Gasteiger partial charge in [0.1, 0.15) is 0 Å². The molecule has 1 aromatic carbocycles. The van der Waals surface area contributed by atoms with E-state index in [-0.39, 0.29) is 0 Å². The van der Waals surface area contributed by atoms with Gasteiger partial charge in [-0.15, -0.1) is 11.8 Å². The Kier molecular flexibility index (Phi) is 4.33. The van der Waals surface area contributed by atoms with Gasteiger partial charge in [-0.3, -0.25) is 4.79 Å². The van der Waals surface area contributed by atoms with Crippen molar-refractivity contribution in [1.29, 1.82) is 0 Å². The maximum absolute atomic E-state index is 11.8. The van der Waals surface area contributed by atoms with E-state index in [1.807, 2.05) is 12.1 Å². The third-order valence-corrected chi connectivity index (χ3v) is 4.81. The molecular weight excluding hydrogens is 302 g/mol. The predicted octanol–water partition coefficient (Wildman–Crippen LogP) is 2.09. The fourth-order valence-electron chi connectivity index (χ4n) is 2.58. The zero-order chi connectivity index (χ0) is 15.5. The normalized spacial score (nSPS) is 20.5. The smallest absolute Gasteiger partial charge is 0.431 e. The van der Waals surface area contributed by atoms with Crippen molar-refractivity contribution in [1.82, 2.24) is 5.01 Å². The Morgan fingerprint density at radius 2 is 2.41 bits per heavy atom. The Balaban J connectivity index is 1.92. The third-order valence-electron chi connectivity index (χ3n) is 3.72. The number of ether oxygens (including phenoxy) is 1. The Labute approximate surface area is 132 Å². The number of methoxy groups -OCH3 is 1. The molecule has 3 rings (SSSR count). The molecule has 0 spiro atoms. The summed E-state index contributed by atoms with van der Waals surface area (Å²) >= 11 is 1.37. The SMILES string of the molecule is COC(=O)N1N=C(c2ccc3c(c2)CCCN3)CSC1C=O. The Hall–Kier alpha value is -2.02. The molecule has 2 aliphatic heterocycles. The van der Waals surface area contributed by atoms with Crippen LogP contribution in [-0.2, 0) is 16.0 Å². The average molecular weight is 319 g/mol. The van der Waals surface area contributed by atoms with Crippen molar-refractivity contribution >= 4 is 35.5 Å². The summed E-state index contributed by atoms with van der Waals surface area (Å²) < 4.78 is 4.69. The zero-order valence-corrected chi connectivity index (χ0v) is 13.1. The van der Waals surface area contributed by atoms with Gasteiger partial charge >= 0.3 is 6.09 Å². The molecule has 1 N–H and O–H groups in total. The summed E-state index contributed by atoms with van der Waals surface area (Å²) in [5.74, 6) is 0.586. The Morgan fingerprint density at radius 1 is 1.55 bits per heavy atom. The number of carbonyl (C=O) groups is 2. The standard InChI is InChI=1S/C15H17N3O3S/c1-21-15(20)18-14(8-19)22-9-13(17-18)11-4-5-12-10(7-11)3-2-6-16-12/h4-5,7-8,14,16H,2-3,6,9H2,1H3. The van der Waals surface area contributed by atoms with Crippen LogP contribution in [0.25, 0.3) is 0 Å². The van der Waals surface area contributed by atoms with E-state index in [4.69, 9.17) is 4.74 Å². The highest BCUT2D eigenvalue weighted by Gasteiger charge is 2.30. The molecule has 6 nitrogen and oxygen atoms in total. The number of nitrogens with zero attached hydrogens (tertiary/aromatic N) is 2. The zero-order valence-electron chi connectivity index (χ0n) is 12.2. The molecule has 0 saturated carbocycles. The van der Waals surface area contributed by atoms with Crippen LogP contribution in [0.1, 0.15) is 17.5 Å². The number of hydrazone groups is 1. The van der Waals surface area contributed by atoms with Gasteiger partial charge in [0, 0.05) is 18.0 Å². The van der Waals surface area contributed by atoms with Crippen LogP contribution < -0.4 is 5.32 Å². The summed E-state index contributed by atoms with van der Waals surface area (Å²) in [7, 11) is 1.28. The number of benzene rings is 1. The van der Waals surface area contributed by atoms with Crippen molar-refractivity contribution in [3.63, 3.8) is 0 Å². The van der Waals surface area contributed by atoms with Crippen LogP contribution in [0, 0.1) is 0 Å². The lowest BCUT2D eigenvalue weighted by molar-refractivity contribution is -0.109. The fourth-order valence-corrected chi connectivity index (χ4v) is 3.49. The molecule has 2 aliphatic rings. The molecule has 1 aromatic rings. The largest absolute Gasteiger partial charge is 0.451 e. The highest BCUT2D eigenvalue weighted by Crippen LogP contribution is 2.27. The average Bonchev–Trinajstić information content (AvgIpc) is 2.60. The van der Waals surface area contributed by atoms with E-state index in [2.05, 4.69) is 16.5 Å². The molecule has 1 atom stereocenters. The summed E-state index contributed by atoms with van der Waals surface area (Å²) in [6.45, 7) is 1.00. The summed E-state index contributed by atoms with van der Waals surface area (Å²) in [5, 5.41) is 8.17. The second-order valence-corrected chi connectivity index (χ2v) is 6.21. The predicted molar refractivity (Wildman–Crippen MR) is 86.3 cm³/mol. The Bertz CT molecular complexity index is 632. The number of rotatable bonds is 2. The summed E-state index contributed by atoms with van der Waals surface area (Å²) in [4.78, 5) is 22.8. The summed E-state index contributed by atoms with van der Waals surface area (Å²) in [5.41, 5.74) is 4.18. The number of aldehydes is 1. The molecule has 0 aromatic heterocycles. The van der Waals surface area contributed by atoms with E-state index >= 15 is 0 Å². The van der Waals surface area contributed by atoms with E-state index < -0.39 is 11.5 Å².